The Morgan fingerprint density at radius 2 is 2.40 bits per heavy atom. The molecule has 0 aliphatic carbocycles. The largest absolute Gasteiger partial charge is 0.448 e. The topological polar surface area (TPSA) is 73.8 Å². The maximum atomic E-state index is 11.2. The quantitative estimate of drug-likeness (QED) is 0.695. The number of oxazole rings is 1. The van der Waals surface area contributed by atoms with E-state index >= 15 is 0 Å². The number of carbonyl (C=O) groups is 1. The van der Waals surface area contributed by atoms with Crippen molar-refractivity contribution in [2.45, 2.75) is 20.4 Å². The lowest BCUT2D eigenvalue weighted by molar-refractivity contribution is 0.100. The fourth-order valence-corrected chi connectivity index (χ4v) is 1.27. The third-order valence-corrected chi connectivity index (χ3v) is 2.12. The maximum Gasteiger partial charge on any atom is 0.181 e. The van der Waals surface area contributed by atoms with Crippen LogP contribution in [0.25, 0.3) is 0 Å². The van der Waals surface area contributed by atoms with Gasteiger partial charge in [-0.05, 0) is 6.92 Å². The molecule has 0 aromatic carbocycles. The van der Waals surface area contributed by atoms with Gasteiger partial charge in [0, 0.05) is 6.92 Å². The first-order valence-electron chi connectivity index (χ1n) is 4.47. The fraction of sp³-hybridized carbons (Fsp3) is 0.333. The van der Waals surface area contributed by atoms with Crippen LogP contribution in [0.5, 0.6) is 0 Å². The third-order valence-electron chi connectivity index (χ3n) is 2.12. The summed E-state index contributed by atoms with van der Waals surface area (Å²) in [7, 11) is 0. The van der Waals surface area contributed by atoms with Gasteiger partial charge in [0.2, 0.25) is 0 Å². The van der Waals surface area contributed by atoms with Gasteiger partial charge < -0.3 is 4.42 Å². The second-order valence-corrected chi connectivity index (χ2v) is 3.19. The SMILES string of the molecule is CC(=O)c1cnnn1Cc1ncoc1C. The molecule has 2 aromatic heterocycles. The van der Waals surface area contributed by atoms with Crippen molar-refractivity contribution < 1.29 is 9.21 Å². The lowest BCUT2D eigenvalue weighted by Gasteiger charge is -2.00. The zero-order valence-corrected chi connectivity index (χ0v) is 8.47. The molecule has 0 aliphatic heterocycles. The Bertz CT molecular complexity index is 486. The smallest absolute Gasteiger partial charge is 0.181 e. The van der Waals surface area contributed by atoms with Gasteiger partial charge in [0.15, 0.2) is 12.2 Å². The van der Waals surface area contributed by atoms with Crippen LogP contribution in [0, 0.1) is 6.92 Å². The van der Waals surface area contributed by atoms with Crippen molar-refractivity contribution in [2.24, 2.45) is 0 Å². The molecule has 6 heteroatoms. The first-order chi connectivity index (χ1) is 7.18. The molecule has 78 valence electrons. The van der Waals surface area contributed by atoms with Crippen LogP contribution in [0.2, 0.25) is 0 Å². The Morgan fingerprint density at radius 3 is 3.00 bits per heavy atom. The minimum absolute atomic E-state index is 0.0684. The van der Waals surface area contributed by atoms with Gasteiger partial charge in [-0.3, -0.25) is 4.79 Å². The Morgan fingerprint density at radius 1 is 1.60 bits per heavy atom. The lowest BCUT2D eigenvalue weighted by atomic mass is 10.3. The zero-order chi connectivity index (χ0) is 10.8. The molecule has 0 bridgehead atoms. The highest BCUT2D eigenvalue weighted by molar-refractivity contribution is 5.91. The molecule has 0 spiro atoms. The van der Waals surface area contributed by atoms with E-state index in [0.717, 1.165) is 11.5 Å². The molecule has 0 N–H and O–H groups in total. The van der Waals surface area contributed by atoms with E-state index in [1.165, 1.54) is 24.2 Å². The van der Waals surface area contributed by atoms with Crippen molar-refractivity contribution in [3.63, 3.8) is 0 Å². The number of carbonyl (C=O) groups excluding carboxylic acids is 1. The molecule has 0 fully saturated rings. The number of hydrogen-bond acceptors (Lipinski definition) is 5. The number of aryl methyl sites for hydroxylation is 1. The number of ketones is 1. The maximum absolute atomic E-state index is 11.2. The van der Waals surface area contributed by atoms with Gasteiger partial charge in [0.05, 0.1) is 12.7 Å². The fourth-order valence-electron chi connectivity index (χ4n) is 1.27. The van der Waals surface area contributed by atoms with Gasteiger partial charge in [0.25, 0.3) is 0 Å². The van der Waals surface area contributed by atoms with Crippen LogP contribution in [-0.2, 0) is 6.54 Å². The molecular weight excluding hydrogens is 196 g/mol. The molecule has 6 nitrogen and oxygen atoms in total. The molecule has 0 saturated carbocycles. The summed E-state index contributed by atoms with van der Waals surface area (Å²) in [5.74, 6) is 0.654. The minimum Gasteiger partial charge on any atom is -0.448 e. The lowest BCUT2D eigenvalue weighted by Crippen LogP contribution is -2.10. The van der Waals surface area contributed by atoms with Crippen LogP contribution in [-0.4, -0.2) is 25.8 Å². The van der Waals surface area contributed by atoms with Crippen LogP contribution < -0.4 is 0 Å². The first-order valence-corrected chi connectivity index (χ1v) is 4.47. The van der Waals surface area contributed by atoms with Crippen molar-refractivity contribution >= 4 is 5.78 Å². The predicted molar refractivity (Wildman–Crippen MR) is 50.4 cm³/mol. The number of hydrogen-bond donors (Lipinski definition) is 0. The van der Waals surface area contributed by atoms with Crippen LogP contribution in [0.3, 0.4) is 0 Å². The molecule has 2 rings (SSSR count). The molecule has 0 saturated heterocycles. The number of rotatable bonds is 3. The van der Waals surface area contributed by atoms with E-state index in [4.69, 9.17) is 4.42 Å². The summed E-state index contributed by atoms with van der Waals surface area (Å²) in [6.07, 6.45) is 2.81. The minimum atomic E-state index is -0.0684. The molecule has 2 heterocycles. The standard InChI is InChI=1S/C9H10N4O2/c1-6(14)9-3-11-12-13(9)4-8-7(2)15-5-10-8/h3,5H,4H2,1-2H3. The molecular formula is C9H10N4O2. The van der Waals surface area contributed by atoms with E-state index < -0.39 is 0 Å². The molecule has 2 aromatic rings. The number of aromatic nitrogens is 4. The summed E-state index contributed by atoms with van der Waals surface area (Å²) in [6.45, 7) is 3.69. The summed E-state index contributed by atoms with van der Waals surface area (Å²) < 4.78 is 6.56. The highest BCUT2D eigenvalue weighted by atomic mass is 16.3. The van der Waals surface area contributed by atoms with Crippen molar-refractivity contribution in [1.29, 1.82) is 0 Å². The van der Waals surface area contributed by atoms with Crippen LogP contribution in [0.1, 0.15) is 28.9 Å². The molecule has 15 heavy (non-hydrogen) atoms. The average molecular weight is 206 g/mol. The Hall–Kier alpha value is -1.98. The molecule has 0 unspecified atom stereocenters. The number of nitrogens with zero attached hydrogens (tertiary/aromatic N) is 4. The Labute approximate surface area is 85.9 Å². The van der Waals surface area contributed by atoms with Crippen molar-refractivity contribution in [1.82, 2.24) is 20.0 Å². The average Bonchev–Trinajstić information content (AvgIpc) is 2.77. The van der Waals surface area contributed by atoms with Gasteiger partial charge in [-0.2, -0.15) is 0 Å². The van der Waals surface area contributed by atoms with E-state index in [9.17, 15) is 4.79 Å². The van der Waals surface area contributed by atoms with E-state index in [1.54, 1.807) is 0 Å². The normalized spacial score (nSPS) is 10.5. The molecule has 0 aliphatic rings. The monoisotopic (exact) mass is 206 g/mol. The Balaban J connectivity index is 2.28. The third kappa shape index (κ3) is 1.78. The van der Waals surface area contributed by atoms with Gasteiger partial charge in [-0.1, -0.05) is 5.21 Å². The number of Topliss-reactive ketones (excluding diaryl/α,β-unsaturated/α-hetero) is 1. The van der Waals surface area contributed by atoms with Crippen molar-refractivity contribution in [2.75, 3.05) is 0 Å². The summed E-state index contributed by atoms with van der Waals surface area (Å²) in [6, 6.07) is 0. The van der Waals surface area contributed by atoms with Gasteiger partial charge >= 0.3 is 0 Å². The first kappa shape index (κ1) is 9.57. The summed E-state index contributed by atoms with van der Waals surface area (Å²) >= 11 is 0. The van der Waals surface area contributed by atoms with Crippen molar-refractivity contribution in [3.05, 3.63) is 29.7 Å². The second kappa shape index (κ2) is 3.64. The highest BCUT2D eigenvalue weighted by Gasteiger charge is 2.11. The summed E-state index contributed by atoms with van der Waals surface area (Å²) in [5, 5.41) is 7.50. The second-order valence-electron chi connectivity index (χ2n) is 3.19. The summed E-state index contributed by atoms with van der Waals surface area (Å²) in [5.41, 5.74) is 1.22. The Kier molecular flexibility index (Phi) is 2.32. The zero-order valence-electron chi connectivity index (χ0n) is 8.47. The van der Waals surface area contributed by atoms with Crippen LogP contribution >= 0.6 is 0 Å². The molecule has 0 atom stereocenters. The van der Waals surface area contributed by atoms with E-state index in [0.29, 0.717) is 12.2 Å². The van der Waals surface area contributed by atoms with Gasteiger partial charge in [-0.15, -0.1) is 5.10 Å². The molecule has 0 amide bonds. The van der Waals surface area contributed by atoms with E-state index in [2.05, 4.69) is 15.3 Å². The van der Waals surface area contributed by atoms with Crippen LogP contribution in [0.15, 0.2) is 17.0 Å². The highest BCUT2D eigenvalue weighted by Crippen LogP contribution is 2.08. The van der Waals surface area contributed by atoms with Gasteiger partial charge in [-0.25, -0.2) is 9.67 Å². The molecule has 0 radical (unpaired) electrons. The summed E-state index contributed by atoms with van der Waals surface area (Å²) in [4.78, 5) is 15.2. The van der Waals surface area contributed by atoms with Crippen LogP contribution in [0.4, 0.5) is 0 Å². The van der Waals surface area contributed by atoms with Gasteiger partial charge in [0.1, 0.15) is 17.1 Å². The van der Waals surface area contributed by atoms with E-state index in [-0.39, 0.29) is 5.78 Å². The van der Waals surface area contributed by atoms with Crippen molar-refractivity contribution in [3.8, 4) is 0 Å². The predicted octanol–water partition coefficient (Wildman–Crippen LogP) is 0.825. The van der Waals surface area contributed by atoms with E-state index in [1.807, 2.05) is 6.92 Å².